The van der Waals surface area contributed by atoms with Crippen LogP contribution in [-0.4, -0.2) is 28.7 Å². The average molecular weight is 473 g/mol. The van der Waals surface area contributed by atoms with Crippen molar-refractivity contribution in [1.29, 1.82) is 0 Å². The smallest absolute Gasteiger partial charge is 0.342 e. The van der Waals surface area contributed by atoms with Gasteiger partial charge in [-0.25, -0.2) is 4.79 Å². The topological polar surface area (TPSA) is 80.7 Å². The highest BCUT2D eigenvalue weighted by atomic mass is 16.5. The van der Waals surface area contributed by atoms with Crippen molar-refractivity contribution < 1.29 is 24.2 Å². The van der Waals surface area contributed by atoms with E-state index in [1.54, 1.807) is 66.7 Å². The summed E-state index contributed by atoms with van der Waals surface area (Å²) in [4.78, 5) is 35.7. The third-order valence-corrected chi connectivity index (χ3v) is 6.02. The van der Waals surface area contributed by atoms with Crippen LogP contribution in [0.3, 0.4) is 0 Å². The predicted molar refractivity (Wildman–Crippen MR) is 136 cm³/mol. The summed E-state index contributed by atoms with van der Waals surface area (Å²) in [5.41, 5.74) is 1.31. The van der Waals surface area contributed by atoms with Crippen LogP contribution in [0.15, 0.2) is 84.9 Å². The van der Waals surface area contributed by atoms with E-state index >= 15 is 0 Å². The maximum Gasteiger partial charge on any atom is 0.342 e. The summed E-state index contributed by atoms with van der Waals surface area (Å²) >= 11 is 0. The molecule has 0 amide bonds. The van der Waals surface area contributed by atoms with E-state index in [2.05, 4.69) is 20.8 Å². The first kappa shape index (κ1) is 25.9. The zero-order valence-electron chi connectivity index (χ0n) is 20.4. The second-order valence-electron chi connectivity index (χ2n) is 9.85. The highest BCUT2D eigenvalue weighted by molar-refractivity contribution is 6.49. The zero-order valence-corrected chi connectivity index (χ0v) is 20.4. The number of phenols is 1. The van der Waals surface area contributed by atoms with Crippen LogP contribution in [-0.2, 0) is 4.74 Å². The van der Waals surface area contributed by atoms with Crippen molar-refractivity contribution in [3.05, 3.63) is 102 Å². The fourth-order valence-corrected chi connectivity index (χ4v) is 4.65. The number of para-hydroxylation sites is 1. The first-order valence-corrected chi connectivity index (χ1v) is 11.8. The van der Waals surface area contributed by atoms with E-state index in [0.717, 1.165) is 19.3 Å². The Balaban J connectivity index is 0.000000198. The van der Waals surface area contributed by atoms with Crippen LogP contribution in [0, 0.1) is 11.3 Å². The van der Waals surface area contributed by atoms with E-state index in [1.165, 1.54) is 6.07 Å². The van der Waals surface area contributed by atoms with Crippen LogP contribution < -0.4 is 0 Å². The van der Waals surface area contributed by atoms with Gasteiger partial charge in [0.25, 0.3) is 0 Å². The van der Waals surface area contributed by atoms with Gasteiger partial charge in [0.2, 0.25) is 11.6 Å². The van der Waals surface area contributed by atoms with E-state index in [0.29, 0.717) is 17.0 Å². The average Bonchev–Trinajstić information content (AvgIpc) is 2.83. The number of rotatable bonds is 5. The van der Waals surface area contributed by atoms with Crippen molar-refractivity contribution in [2.24, 2.45) is 11.3 Å². The first-order chi connectivity index (χ1) is 16.7. The van der Waals surface area contributed by atoms with Crippen molar-refractivity contribution >= 4 is 17.5 Å². The Labute approximate surface area is 206 Å². The molecule has 0 heterocycles. The zero-order chi connectivity index (χ0) is 25.4. The molecule has 2 atom stereocenters. The first-order valence-electron chi connectivity index (χ1n) is 11.8. The van der Waals surface area contributed by atoms with Gasteiger partial charge in [-0.1, -0.05) is 93.6 Å². The molecule has 0 aliphatic heterocycles. The van der Waals surface area contributed by atoms with Crippen molar-refractivity contribution in [3.8, 4) is 5.75 Å². The van der Waals surface area contributed by atoms with Gasteiger partial charge in [0.15, 0.2) is 0 Å². The van der Waals surface area contributed by atoms with Gasteiger partial charge in [0, 0.05) is 11.1 Å². The Bertz CT molecular complexity index is 1100. The normalized spacial score (nSPS) is 18.5. The fourth-order valence-electron chi connectivity index (χ4n) is 4.65. The SMILES string of the molecule is CC1CC(OC(=O)c2ccccc2O)CC(C)(C)C1.O=C(C(=O)c1ccccc1)c1ccccc1. The minimum atomic E-state index is -0.466. The molecule has 0 spiro atoms. The van der Waals surface area contributed by atoms with Crippen LogP contribution in [0.5, 0.6) is 5.75 Å². The molecule has 1 saturated carbocycles. The second-order valence-corrected chi connectivity index (χ2v) is 9.85. The van der Waals surface area contributed by atoms with Gasteiger partial charge in [-0.3, -0.25) is 9.59 Å². The minimum absolute atomic E-state index is 0.0179. The Hall–Kier alpha value is -3.73. The van der Waals surface area contributed by atoms with E-state index < -0.39 is 17.5 Å². The van der Waals surface area contributed by atoms with Gasteiger partial charge < -0.3 is 9.84 Å². The summed E-state index contributed by atoms with van der Waals surface area (Å²) in [7, 11) is 0. The molecule has 2 unspecified atom stereocenters. The number of ether oxygens (including phenoxy) is 1. The molecule has 1 fully saturated rings. The Morgan fingerprint density at radius 3 is 1.74 bits per heavy atom. The van der Waals surface area contributed by atoms with Crippen LogP contribution >= 0.6 is 0 Å². The quantitative estimate of drug-likeness (QED) is 0.260. The van der Waals surface area contributed by atoms with Gasteiger partial charge in [-0.2, -0.15) is 0 Å². The molecule has 0 aromatic heterocycles. The molecule has 4 rings (SSSR count). The van der Waals surface area contributed by atoms with Crippen molar-refractivity contribution in [2.45, 2.75) is 46.1 Å². The van der Waals surface area contributed by atoms with Crippen molar-refractivity contribution in [1.82, 2.24) is 0 Å². The summed E-state index contributed by atoms with van der Waals surface area (Å²) < 4.78 is 5.57. The summed E-state index contributed by atoms with van der Waals surface area (Å²) in [6.45, 7) is 6.62. The Morgan fingerprint density at radius 1 is 0.771 bits per heavy atom. The molecule has 35 heavy (non-hydrogen) atoms. The standard InChI is InChI=1S/C16H22O3.C14H10O2/c1-11-8-12(10-16(2,3)9-11)19-15(18)13-6-4-5-7-14(13)17;15-13(11-7-3-1-4-8-11)14(16)12-9-5-2-6-10-12/h4-7,11-12,17H,8-10H2,1-3H3;1-10H. The molecule has 0 saturated heterocycles. The number of esters is 1. The van der Waals surface area contributed by atoms with E-state index in [4.69, 9.17) is 4.74 Å². The number of carbonyl (C=O) groups excluding carboxylic acids is 3. The van der Waals surface area contributed by atoms with Crippen LogP contribution in [0.1, 0.15) is 71.1 Å². The number of ketones is 2. The summed E-state index contributed by atoms with van der Waals surface area (Å²) in [6, 6.07) is 23.7. The number of phenolic OH excluding ortho intramolecular Hbond substituents is 1. The maximum absolute atomic E-state index is 12.1. The maximum atomic E-state index is 12.1. The molecule has 182 valence electrons. The number of hydrogen-bond donors (Lipinski definition) is 1. The van der Waals surface area contributed by atoms with Gasteiger partial charge in [0.05, 0.1) is 0 Å². The third-order valence-electron chi connectivity index (χ3n) is 6.02. The van der Waals surface area contributed by atoms with Crippen LogP contribution in [0.2, 0.25) is 0 Å². The lowest BCUT2D eigenvalue weighted by Gasteiger charge is -2.38. The molecule has 0 radical (unpaired) electrons. The summed E-state index contributed by atoms with van der Waals surface area (Å²) in [5, 5.41) is 9.66. The number of hydrogen-bond acceptors (Lipinski definition) is 5. The van der Waals surface area contributed by atoms with Crippen molar-refractivity contribution in [2.75, 3.05) is 0 Å². The molecule has 5 nitrogen and oxygen atoms in total. The molecule has 1 aliphatic rings. The highest BCUT2D eigenvalue weighted by Crippen LogP contribution is 2.40. The number of aromatic hydroxyl groups is 1. The number of Topliss-reactive ketones (excluding diaryl/α,β-unsaturated/α-hetero) is 2. The van der Waals surface area contributed by atoms with E-state index in [9.17, 15) is 19.5 Å². The molecular formula is C30H32O5. The minimum Gasteiger partial charge on any atom is -0.507 e. The lowest BCUT2D eigenvalue weighted by Crippen LogP contribution is -2.34. The van der Waals surface area contributed by atoms with Crippen LogP contribution in [0.4, 0.5) is 0 Å². The predicted octanol–water partition coefficient (Wildman–Crippen LogP) is 6.52. The van der Waals surface area contributed by atoms with Crippen molar-refractivity contribution in [3.63, 3.8) is 0 Å². The third kappa shape index (κ3) is 7.38. The molecule has 3 aromatic carbocycles. The Morgan fingerprint density at radius 2 is 1.26 bits per heavy atom. The Kier molecular flexibility index (Phi) is 8.58. The van der Waals surface area contributed by atoms with Gasteiger partial charge in [-0.05, 0) is 42.7 Å². The monoisotopic (exact) mass is 472 g/mol. The van der Waals surface area contributed by atoms with E-state index in [-0.39, 0.29) is 22.8 Å². The van der Waals surface area contributed by atoms with Gasteiger partial charge in [-0.15, -0.1) is 0 Å². The number of benzene rings is 3. The largest absolute Gasteiger partial charge is 0.507 e. The molecule has 1 N–H and O–H groups in total. The highest BCUT2D eigenvalue weighted by Gasteiger charge is 2.34. The fraction of sp³-hybridized carbons (Fsp3) is 0.300. The lowest BCUT2D eigenvalue weighted by atomic mass is 9.71. The second kappa shape index (κ2) is 11.6. The van der Waals surface area contributed by atoms with Gasteiger partial charge in [0.1, 0.15) is 17.4 Å². The molecule has 5 heteroatoms. The van der Waals surface area contributed by atoms with E-state index in [1.807, 2.05) is 12.1 Å². The number of carbonyl (C=O) groups is 3. The summed E-state index contributed by atoms with van der Waals surface area (Å²) in [6.07, 6.45) is 2.91. The summed E-state index contributed by atoms with van der Waals surface area (Å²) in [5.74, 6) is -0.812. The van der Waals surface area contributed by atoms with Crippen LogP contribution in [0.25, 0.3) is 0 Å². The van der Waals surface area contributed by atoms with Gasteiger partial charge >= 0.3 is 5.97 Å². The molecule has 0 bridgehead atoms. The molecule has 1 aliphatic carbocycles. The lowest BCUT2D eigenvalue weighted by molar-refractivity contribution is -0.00735. The molecule has 3 aromatic rings. The molecular weight excluding hydrogens is 440 g/mol.